The molecule has 2 aromatic rings. The number of hydrazine groups is 1. The van der Waals surface area contributed by atoms with Gasteiger partial charge in [-0.1, -0.05) is 35.3 Å². The number of nitrogens with one attached hydrogen (secondary N) is 1. The summed E-state index contributed by atoms with van der Waals surface area (Å²) in [4.78, 5) is 0. The average Bonchev–Trinajstić information content (AvgIpc) is 2.70. The molecule has 0 aliphatic rings. The fraction of sp³-hybridized carbons (Fsp3) is 0.167. The maximum absolute atomic E-state index is 6.15. The summed E-state index contributed by atoms with van der Waals surface area (Å²) in [6, 6.07) is 9.25. The second kappa shape index (κ2) is 5.91. The van der Waals surface area contributed by atoms with Gasteiger partial charge < -0.3 is 4.74 Å². The predicted molar refractivity (Wildman–Crippen MR) is 76.5 cm³/mol. The molecule has 0 aliphatic heterocycles. The van der Waals surface area contributed by atoms with Crippen LogP contribution in [0.2, 0.25) is 8.67 Å². The second-order valence-electron chi connectivity index (χ2n) is 3.66. The smallest absolute Gasteiger partial charge is 0.119 e. The van der Waals surface area contributed by atoms with Gasteiger partial charge in [0.1, 0.15) is 5.75 Å². The third kappa shape index (κ3) is 2.79. The first-order valence-corrected chi connectivity index (χ1v) is 6.77. The lowest BCUT2D eigenvalue weighted by Gasteiger charge is -2.16. The Labute approximate surface area is 119 Å². The molecule has 0 spiro atoms. The van der Waals surface area contributed by atoms with Crippen molar-refractivity contribution in [1.82, 2.24) is 5.43 Å². The Morgan fingerprint density at radius 2 is 2.11 bits per heavy atom. The molecule has 18 heavy (non-hydrogen) atoms. The normalized spacial score (nSPS) is 12.4. The molecule has 3 N–H and O–H groups in total. The Hall–Kier alpha value is -0.780. The minimum Gasteiger partial charge on any atom is -0.497 e. The van der Waals surface area contributed by atoms with Crippen LogP contribution in [0.3, 0.4) is 0 Å². The monoisotopic (exact) mass is 302 g/mol. The highest BCUT2D eigenvalue weighted by molar-refractivity contribution is 7.20. The zero-order valence-corrected chi connectivity index (χ0v) is 11.9. The Bertz CT molecular complexity index is 545. The summed E-state index contributed by atoms with van der Waals surface area (Å²) in [5, 5.41) is 0. The maximum atomic E-state index is 6.15. The summed E-state index contributed by atoms with van der Waals surface area (Å²) >= 11 is 13.4. The van der Waals surface area contributed by atoms with Crippen LogP contribution >= 0.6 is 34.5 Å². The van der Waals surface area contributed by atoms with Crippen LogP contribution in [-0.2, 0) is 0 Å². The number of ether oxygens (including phenoxy) is 1. The van der Waals surface area contributed by atoms with Crippen molar-refractivity contribution in [3.8, 4) is 5.75 Å². The van der Waals surface area contributed by atoms with E-state index in [4.69, 9.17) is 33.8 Å². The number of hydrogen-bond donors (Lipinski definition) is 2. The summed E-state index contributed by atoms with van der Waals surface area (Å²) in [5.41, 5.74) is 4.58. The lowest BCUT2D eigenvalue weighted by Crippen LogP contribution is -2.28. The molecule has 0 amide bonds. The zero-order valence-electron chi connectivity index (χ0n) is 9.61. The average molecular weight is 303 g/mol. The zero-order chi connectivity index (χ0) is 13.1. The van der Waals surface area contributed by atoms with Crippen LogP contribution in [0.4, 0.5) is 0 Å². The van der Waals surface area contributed by atoms with E-state index in [-0.39, 0.29) is 6.04 Å². The van der Waals surface area contributed by atoms with Crippen molar-refractivity contribution in [2.24, 2.45) is 5.84 Å². The van der Waals surface area contributed by atoms with Crippen molar-refractivity contribution in [3.05, 3.63) is 50.1 Å². The Kier molecular flexibility index (Phi) is 4.48. The van der Waals surface area contributed by atoms with Gasteiger partial charge in [-0.2, -0.15) is 0 Å². The van der Waals surface area contributed by atoms with Crippen molar-refractivity contribution in [2.45, 2.75) is 6.04 Å². The number of rotatable bonds is 4. The van der Waals surface area contributed by atoms with Crippen molar-refractivity contribution in [3.63, 3.8) is 0 Å². The first-order chi connectivity index (χ1) is 8.65. The van der Waals surface area contributed by atoms with Gasteiger partial charge in [0.15, 0.2) is 0 Å². The van der Waals surface area contributed by atoms with E-state index in [0.717, 1.165) is 16.9 Å². The first-order valence-electron chi connectivity index (χ1n) is 5.20. The van der Waals surface area contributed by atoms with Gasteiger partial charge in [0, 0.05) is 5.56 Å². The van der Waals surface area contributed by atoms with Crippen LogP contribution < -0.4 is 16.0 Å². The molecule has 6 heteroatoms. The van der Waals surface area contributed by atoms with E-state index in [9.17, 15) is 0 Å². The quantitative estimate of drug-likeness (QED) is 0.670. The molecule has 0 radical (unpaired) electrons. The summed E-state index contributed by atoms with van der Waals surface area (Å²) in [6.07, 6.45) is 0. The molecule has 0 saturated carbocycles. The van der Waals surface area contributed by atoms with Crippen LogP contribution in [0.25, 0.3) is 0 Å². The van der Waals surface area contributed by atoms with Gasteiger partial charge in [0.25, 0.3) is 0 Å². The molecule has 1 aromatic heterocycles. The molecule has 0 aliphatic carbocycles. The predicted octanol–water partition coefficient (Wildman–Crippen LogP) is 3.62. The van der Waals surface area contributed by atoms with Gasteiger partial charge in [-0.3, -0.25) is 5.84 Å². The first kappa shape index (κ1) is 13.6. The van der Waals surface area contributed by atoms with E-state index in [1.54, 1.807) is 7.11 Å². The third-order valence-electron chi connectivity index (χ3n) is 2.59. The van der Waals surface area contributed by atoms with Crippen molar-refractivity contribution < 1.29 is 4.74 Å². The number of thiophene rings is 1. The Morgan fingerprint density at radius 3 is 2.67 bits per heavy atom. The molecular formula is C12H12Cl2N2OS. The van der Waals surface area contributed by atoms with E-state index < -0.39 is 0 Å². The summed E-state index contributed by atoms with van der Waals surface area (Å²) in [6.45, 7) is 0. The molecule has 1 heterocycles. The van der Waals surface area contributed by atoms with E-state index in [2.05, 4.69) is 5.43 Å². The Balaban J connectivity index is 2.41. The lowest BCUT2D eigenvalue weighted by molar-refractivity contribution is 0.413. The van der Waals surface area contributed by atoms with E-state index >= 15 is 0 Å². The molecule has 1 atom stereocenters. The standard InChI is InChI=1S/C12H12Cl2N2OS/c1-17-8-4-2-3-7(5-8)11(16-15)9-6-10(13)18-12(9)14/h2-6,11,16H,15H2,1H3. The van der Waals surface area contributed by atoms with Gasteiger partial charge in [-0.15, -0.1) is 11.3 Å². The number of halogens is 2. The van der Waals surface area contributed by atoms with Crippen LogP contribution in [0.5, 0.6) is 5.75 Å². The molecule has 0 saturated heterocycles. The van der Waals surface area contributed by atoms with Crippen LogP contribution in [0.15, 0.2) is 30.3 Å². The van der Waals surface area contributed by atoms with Crippen LogP contribution in [-0.4, -0.2) is 7.11 Å². The summed E-state index contributed by atoms with van der Waals surface area (Å²) < 4.78 is 6.46. The van der Waals surface area contributed by atoms with Gasteiger partial charge in [-0.05, 0) is 23.8 Å². The highest BCUT2D eigenvalue weighted by Gasteiger charge is 2.18. The topological polar surface area (TPSA) is 47.3 Å². The molecule has 96 valence electrons. The highest BCUT2D eigenvalue weighted by Crippen LogP contribution is 2.37. The van der Waals surface area contributed by atoms with Gasteiger partial charge in [0.2, 0.25) is 0 Å². The molecule has 2 rings (SSSR count). The number of nitrogens with two attached hydrogens (primary N) is 1. The van der Waals surface area contributed by atoms with Crippen molar-refractivity contribution in [1.29, 1.82) is 0 Å². The molecule has 3 nitrogen and oxygen atoms in total. The SMILES string of the molecule is COc1cccc(C(NN)c2cc(Cl)sc2Cl)c1. The van der Waals surface area contributed by atoms with Gasteiger partial charge in [0.05, 0.1) is 21.8 Å². The lowest BCUT2D eigenvalue weighted by atomic mass is 10.0. The van der Waals surface area contributed by atoms with Crippen molar-refractivity contribution >= 4 is 34.5 Å². The molecule has 1 unspecified atom stereocenters. The van der Waals surface area contributed by atoms with Gasteiger partial charge in [-0.25, -0.2) is 5.43 Å². The highest BCUT2D eigenvalue weighted by atomic mass is 35.5. The van der Waals surface area contributed by atoms with E-state index in [0.29, 0.717) is 8.67 Å². The fourth-order valence-corrected chi connectivity index (χ4v) is 3.27. The molecular weight excluding hydrogens is 291 g/mol. The molecule has 1 aromatic carbocycles. The Morgan fingerprint density at radius 1 is 1.33 bits per heavy atom. The van der Waals surface area contributed by atoms with Crippen LogP contribution in [0, 0.1) is 0 Å². The minimum atomic E-state index is -0.212. The van der Waals surface area contributed by atoms with Crippen LogP contribution in [0.1, 0.15) is 17.2 Å². The summed E-state index contributed by atoms with van der Waals surface area (Å²) in [5.74, 6) is 6.39. The van der Waals surface area contributed by atoms with Gasteiger partial charge >= 0.3 is 0 Å². The maximum Gasteiger partial charge on any atom is 0.119 e. The minimum absolute atomic E-state index is 0.212. The summed E-state index contributed by atoms with van der Waals surface area (Å²) in [7, 11) is 1.62. The number of benzene rings is 1. The van der Waals surface area contributed by atoms with E-state index in [1.807, 2.05) is 30.3 Å². The second-order valence-corrected chi connectivity index (χ2v) is 5.94. The number of hydrogen-bond acceptors (Lipinski definition) is 4. The number of methoxy groups -OCH3 is 1. The fourth-order valence-electron chi connectivity index (χ4n) is 1.74. The van der Waals surface area contributed by atoms with E-state index in [1.165, 1.54) is 11.3 Å². The largest absolute Gasteiger partial charge is 0.497 e. The van der Waals surface area contributed by atoms with Crippen molar-refractivity contribution in [2.75, 3.05) is 7.11 Å². The molecule has 0 fully saturated rings. The molecule has 0 bridgehead atoms. The third-order valence-corrected chi connectivity index (χ3v) is 4.11.